The van der Waals surface area contributed by atoms with E-state index in [2.05, 4.69) is 0 Å². The molecule has 0 aromatic rings. The van der Waals surface area contributed by atoms with Crippen LogP contribution in [0.25, 0.3) is 0 Å². The molecule has 0 aliphatic carbocycles. The Hall–Kier alpha value is 0.0700. The van der Waals surface area contributed by atoms with Crippen LogP contribution in [0.4, 0.5) is 0 Å². The van der Waals surface area contributed by atoms with E-state index < -0.39 is 0 Å². The van der Waals surface area contributed by atoms with Gasteiger partial charge >= 0.3 is 0 Å². The van der Waals surface area contributed by atoms with Gasteiger partial charge in [0.2, 0.25) is 5.91 Å². The zero-order valence-electron chi connectivity index (χ0n) is 5.58. The van der Waals surface area contributed by atoms with E-state index in [4.69, 9.17) is 5.73 Å². The number of nitrogens with two attached hydrogens (primary N) is 1. The van der Waals surface area contributed by atoms with Crippen LogP contribution in [-0.4, -0.2) is 35.5 Å². The molecule has 1 aliphatic rings. The molecule has 0 atom stereocenters. The topological polar surface area (TPSA) is 46.3 Å². The second-order valence-corrected chi connectivity index (χ2v) is 2.88. The molecule has 0 aromatic heterocycles. The highest BCUT2D eigenvalue weighted by Crippen LogP contribution is 2.13. The Kier molecular flexibility index (Phi) is 4.85. The zero-order valence-corrected chi connectivity index (χ0v) is 7.21. The number of carbonyl (C=O) groups excluding carboxylic acids is 1. The van der Waals surface area contributed by atoms with Gasteiger partial charge in [0, 0.05) is 13.1 Å². The number of hydrogen-bond donors (Lipinski definition) is 1. The predicted octanol–water partition coefficient (Wildman–Crippen LogP) is -0.100. The van der Waals surface area contributed by atoms with E-state index in [0.29, 0.717) is 18.8 Å². The maximum Gasteiger partial charge on any atom is 0.233 e. The number of carbonyl (C=O) groups is 1. The van der Waals surface area contributed by atoms with Gasteiger partial charge in [0.1, 0.15) is 0 Å². The molecule has 0 unspecified atom stereocenters. The number of halogens is 1. The van der Waals surface area contributed by atoms with Crippen LogP contribution in [0.5, 0.6) is 0 Å². The average molecular weight is 183 g/mol. The van der Waals surface area contributed by atoms with Crippen LogP contribution >= 0.6 is 24.2 Å². The molecule has 1 rings (SSSR count). The molecule has 1 fully saturated rings. The third kappa shape index (κ3) is 2.36. The van der Waals surface area contributed by atoms with Gasteiger partial charge in [-0.15, -0.1) is 24.2 Å². The lowest BCUT2D eigenvalue weighted by molar-refractivity contribution is -0.126. The fraction of sp³-hybridized carbons (Fsp3) is 0.800. The standard InChI is InChI=1S/C5H10N2OS.ClH/c6-1-2-7-4-9-3-5(7)8;/h1-4,6H2;1H. The van der Waals surface area contributed by atoms with Gasteiger partial charge in [-0.25, -0.2) is 0 Å². The van der Waals surface area contributed by atoms with Gasteiger partial charge < -0.3 is 10.6 Å². The Labute approximate surface area is 70.7 Å². The van der Waals surface area contributed by atoms with E-state index >= 15 is 0 Å². The zero-order chi connectivity index (χ0) is 6.69. The minimum atomic E-state index is 0. The number of amides is 1. The van der Waals surface area contributed by atoms with E-state index in [0.717, 1.165) is 5.88 Å². The first kappa shape index (κ1) is 10.1. The van der Waals surface area contributed by atoms with Crippen molar-refractivity contribution in [2.24, 2.45) is 5.73 Å². The Balaban J connectivity index is 0.000000810. The van der Waals surface area contributed by atoms with E-state index in [9.17, 15) is 4.79 Å². The number of rotatable bonds is 2. The molecule has 0 spiro atoms. The first-order chi connectivity index (χ1) is 4.34. The molecule has 5 heteroatoms. The SMILES string of the molecule is Cl.NCCN1CSCC1=O. The second kappa shape index (κ2) is 4.82. The lowest BCUT2D eigenvalue weighted by Crippen LogP contribution is -2.30. The summed E-state index contributed by atoms with van der Waals surface area (Å²) in [5, 5.41) is 0. The number of thioether (sulfide) groups is 1. The molecule has 1 heterocycles. The number of hydrogen-bond acceptors (Lipinski definition) is 3. The van der Waals surface area contributed by atoms with Crippen molar-refractivity contribution >= 4 is 30.1 Å². The summed E-state index contributed by atoms with van der Waals surface area (Å²) in [6, 6.07) is 0. The van der Waals surface area contributed by atoms with E-state index in [1.807, 2.05) is 0 Å². The molecule has 1 amide bonds. The normalized spacial score (nSPS) is 17.3. The van der Waals surface area contributed by atoms with Crippen molar-refractivity contribution in [3.05, 3.63) is 0 Å². The second-order valence-electron chi connectivity index (χ2n) is 1.92. The van der Waals surface area contributed by atoms with Crippen LogP contribution in [-0.2, 0) is 4.79 Å². The predicted molar refractivity (Wildman–Crippen MR) is 45.3 cm³/mol. The summed E-state index contributed by atoms with van der Waals surface area (Å²) in [7, 11) is 0. The van der Waals surface area contributed by atoms with Crippen LogP contribution in [0.1, 0.15) is 0 Å². The van der Waals surface area contributed by atoms with Crippen molar-refractivity contribution in [3.8, 4) is 0 Å². The molecule has 60 valence electrons. The monoisotopic (exact) mass is 182 g/mol. The lowest BCUT2D eigenvalue weighted by atomic mass is 10.5. The van der Waals surface area contributed by atoms with Crippen molar-refractivity contribution < 1.29 is 4.79 Å². The minimum Gasteiger partial charge on any atom is -0.331 e. The van der Waals surface area contributed by atoms with Gasteiger partial charge in [-0.1, -0.05) is 0 Å². The highest BCUT2D eigenvalue weighted by molar-refractivity contribution is 8.00. The molecular weight excluding hydrogens is 172 g/mol. The van der Waals surface area contributed by atoms with Crippen LogP contribution in [0.3, 0.4) is 0 Å². The smallest absolute Gasteiger partial charge is 0.233 e. The van der Waals surface area contributed by atoms with E-state index in [1.165, 1.54) is 0 Å². The summed E-state index contributed by atoms with van der Waals surface area (Å²) in [5.41, 5.74) is 5.27. The molecule has 0 bridgehead atoms. The van der Waals surface area contributed by atoms with Crippen molar-refractivity contribution in [1.82, 2.24) is 4.90 Å². The Morgan fingerprint density at radius 1 is 1.70 bits per heavy atom. The Morgan fingerprint density at radius 3 is 2.80 bits per heavy atom. The summed E-state index contributed by atoms with van der Waals surface area (Å²) in [4.78, 5) is 12.6. The highest BCUT2D eigenvalue weighted by Gasteiger charge is 2.18. The van der Waals surface area contributed by atoms with Crippen molar-refractivity contribution in [3.63, 3.8) is 0 Å². The van der Waals surface area contributed by atoms with E-state index in [-0.39, 0.29) is 18.3 Å². The third-order valence-corrected chi connectivity index (χ3v) is 2.17. The maximum absolute atomic E-state index is 10.8. The van der Waals surface area contributed by atoms with Gasteiger partial charge in [-0.2, -0.15) is 0 Å². The Morgan fingerprint density at radius 2 is 2.40 bits per heavy atom. The van der Waals surface area contributed by atoms with Crippen LogP contribution in [0, 0.1) is 0 Å². The van der Waals surface area contributed by atoms with Crippen LogP contribution in [0.2, 0.25) is 0 Å². The van der Waals surface area contributed by atoms with E-state index in [1.54, 1.807) is 16.7 Å². The van der Waals surface area contributed by atoms with Gasteiger partial charge in [0.25, 0.3) is 0 Å². The molecule has 1 saturated heterocycles. The first-order valence-electron chi connectivity index (χ1n) is 2.90. The van der Waals surface area contributed by atoms with Crippen molar-refractivity contribution in [2.75, 3.05) is 24.7 Å². The molecule has 0 aromatic carbocycles. The molecule has 1 aliphatic heterocycles. The minimum absolute atomic E-state index is 0. The summed E-state index contributed by atoms with van der Waals surface area (Å²) in [6.45, 7) is 1.29. The summed E-state index contributed by atoms with van der Waals surface area (Å²) < 4.78 is 0. The molecule has 3 nitrogen and oxygen atoms in total. The maximum atomic E-state index is 10.8. The van der Waals surface area contributed by atoms with Crippen molar-refractivity contribution in [2.45, 2.75) is 0 Å². The largest absolute Gasteiger partial charge is 0.331 e. The van der Waals surface area contributed by atoms with Crippen LogP contribution < -0.4 is 5.73 Å². The molecule has 0 radical (unpaired) electrons. The van der Waals surface area contributed by atoms with Gasteiger partial charge in [0.05, 0.1) is 11.6 Å². The fourth-order valence-electron chi connectivity index (χ4n) is 0.752. The fourth-order valence-corrected chi connectivity index (χ4v) is 1.69. The first-order valence-corrected chi connectivity index (χ1v) is 4.05. The molecular formula is C5H11ClN2OS. The Bertz CT molecular complexity index is 122. The van der Waals surface area contributed by atoms with Crippen molar-refractivity contribution in [1.29, 1.82) is 0 Å². The molecule has 2 N–H and O–H groups in total. The molecule has 10 heavy (non-hydrogen) atoms. The summed E-state index contributed by atoms with van der Waals surface area (Å²) >= 11 is 1.65. The average Bonchev–Trinajstić information content (AvgIpc) is 2.18. The highest BCUT2D eigenvalue weighted by atomic mass is 35.5. The van der Waals surface area contributed by atoms with Gasteiger partial charge in [0.15, 0.2) is 0 Å². The van der Waals surface area contributed by atoms with Crippen LogP contribution in [0.15, 0.2) is 0 Å². The summed E-state index contributed by atoms with van der Waals surface area (Å²) in [6.07, 6.45) is 0. The number of nitrogens with zero attached hydrogens (tertiary/aromatic N) is 1. The lowest BCUT2D eigenvalue weighted by Gasteiger charge is -2.11. The third-order valence-electron chi connectivity index (χ3n) is 1.22. The summed E-state index contributed by atoms with van der Waals surface area (Å²) in [5.74, 6) is 1.70. The van der Waals surface area contributed by atoms with Gasteiger partial charge in [-0.3, -0.25) is 4.79 Å². The van der Waals surface area contributed by atoms with Gasteiger partial charge in [-0.05, 0) is 0 Å². The quantitative estimate of drug-likeness (QED) is 0.649. The molecule has 0 saturated carbocycles.